The first kappa shape index (κ1) is 26.0. The van der Waals surface area contributed by atoms with Crippen molar-refractivity contribution >= 4 is 23.5 Å². The third-order valence-corrected chi connectivity index (χ3v) is 5.47. The summed E-state index contributed by atoms with van der Waals surface area (Å²) in [4.78, 5) is 38.3. The molecule has 0 radical (unpaired) electrons. The Bertz CT molecular complexity index is 1100. The van der Waals surface area contributed by atoms with Crippen molar-refractivity contribution in [2.24, 2.45) is 5.92 Å². The van der Waals surface area contributed by atoms with E-state index >= 15 is 0 Å². The number of hydrogen-bond donors (Lipinski definition) is 1. The van der Waals surface area contributed by atoms with Gasteiger partial charge in [0.1, 0.15) is 0 Å². The van der Waals surface area contributed by atoms with Gasteiger partial charge in [0.15, 0.2) is 0 Å². The number of nitrogens with one attached hydrogen (secondary N) is 1. The van der Waals surface area contributed by atoms with Gasteiger partial charge in [-0.2, -0.15) is 26.3 Å². The third-order valence-electron chi connectivity index (χ3n) is 5.47. The van der Waals surface area contributed by atoms with Crippen LogP contribution in [-0.4, -0.2) is 42.9 Å². The fraction of sp³-hybridized carbons (Fsp3) is 0.348. The lowest BCUT2D eigenvalue weighted by molar-refractivity contribution is -0.143. The van der Waals surface area contributed by atoms with Crippen LogP contribution in [0.5, 0.6) is 0 Å². The van der Waals surface area contributed by atoms with E-state index in [0.29, 0.717) is 25.0 Å². The first-order chi connectivity index (χ1) is 16.3. The summed E-state index contributed by atoms with van der Waals surface area (Å²) in [6.45, 7) is -0.128. The first-order valence-electron chi connectivity index (χ1n) is 10.4. The fourth-order valence-electron chi connectivity index (χ4n) is 3.72. The maximum absolute atomic E-state index is 13.1. The molecule has 2 aromatic carbocycles. The minimum atomic E-state index is -5.08. The van der Waals surface area contributed by atoms with Crippen LogP contribution in [0.3, 0.4) is 0 Å². The van der Waals surface area contributed by atoms with Crippen LogP contribution in [0.4, 0.5) is 32.0 Å². The molecular weight excluding hydrogens is 482 g/mol. The Morgan fingerprint density at radius 2 is 1.57 bits per heavy atom. The van der Waals surface area contributed by atoms with Gasteiger partial charge in [0, 0.05) is 24.3 Å². The zero-order chi connectivity index (χ0) is 26.0. The number of alkyl halides is 6. The van der Waals surface area contributed by atoms with E-state index in [1.807, 2.05) is 0 Å². The number of anilines is 1. The number of nitrogens with zero attached hydrogens (tertiary/aromatic N) is 1. The zero-order valence-corrected chi connectivity index (χ0v) is 18.3. The van der Waals surface area contributed by atoms with E-state index in [1.165, 1.54) is 31.4 Å². The molecule has 188 valence electrons. The standard InChI is InChI=1S/C23H20F6N2O4/c1-35-21(34)13-4-2-6-18(10-13)30-19(32)14-5-3-7-31(12-14)20(33)15-8-16(22(24,25)26)11-17(9-15)23(27,28)29/h2,4,6,8-11,14H,3,5,7,12H2,1H3,(H,30,32). The van der Waals surface area contributed by atoms with Gasteiger partial charge in [-0.3, -0.25) is 9.59 Å². The van der Waals surface area contributed by atoms with Gasteiger partial charge in [0.2, 0.25) is 5.91 Å². The molecule has 1 heterocycles. The van der Waals surface area contributed by atoms with Crippen molar-refractivity contribution in [3.63, 3.8) is 0 Å². The number of amides is 2. The molecule has 2 aromatic rings. The van der Waals surface area contributed by atoms with Gasteiger partial charge in [-0.05, 0) is 49.2 Å². The van der Waals surface area contributed by atoms with E-state index in [9.17, 15) is 40.7 Å². The minimum Gasteiger partial charge on any atom is -0.465 e. The molecule has 0 aliphatic carbocycles. The van der Waals surface area contributed by atoms with E-state index in [1.54, 1.807) is 0 Å². The summed E-state index contributed by atoms with van der Waals surface area (Å²) >= 11 is 0. The first-order valence-corrected chi connectivity index (χ1v) is 10.4. The number of methoxy groups -OCH3 is 1. The summed E-state index contributed by atoms with van der Waals surface area (Å²) in [6.07, 6.45) is -9.50. The number of esters is 1. The zero-order valence-electron chi connectivity index (χ0n) is 18.3. The second kappa shape index (κ2) is 9.96. The predicted octanol–water partition coefficient (Wildman–Crippen LogP) is 5.00. The predicted molar refractivity (Wildman–Crippen MR) is 111 cm³/mol. The molecule has 0 aromatic heterocycles. The van der Waals surface area contributed by atoms with Crippen LogP contribution in [-0.2, 0) is 21.9 Å². The molecule has 1 saturated heterocycles. The quantitative estimate of drug-likeness (QED) is 0.472. The van der Waals surface area contributed by atoms with Crippen molar-refractivity contribution in [2.45, 2.75) is 25.2 Å². The van der Waals surface area contributed by atoms with Crippen LogP contribution in [0.1, 0.15) is 44.7 Å². The number of hydrogen-bond acceptors (Lipinski definition) is 4. The average molecular weight is 502 g/mol. The van der Waals surface area contributed by atoms with Crippen LogP contribution in [0.25, 0.3) is 0 Å². The molecule has 3 rings (SSSR count). The van der Waals surface area contributed by atoms with Crippen LogP contribution in [0, 0.1) is 5.92 Å². The number of rotatable bonds is 4. The Kier molecular flexibility index (Phi) is 7.41. The van der Waals surface area contributed by atoms with Crippen molar-refractivity contribution in [1.82, 2.24) is 4.90 Å². The van der Waals surface area contributed by atoms with Crippen LogP contribution < -0.4 is 5.32 Å². The van der Waals surface area contributed by atoms with Gasteiger partial charge >= 0.3 is 18.3 Å². The van der Waals surface area contributed by atoms with E-state index < -0.39 is 52.7 Å². The molecule has 1 atom stereocenters. The maximum Gasteiger partial charge on any atom is 0.416 e. The van der Waals surface area contributed by atoms with Crippen LogP contribution in [0.2, 0.25) is 0 Å². The average Bonchev–Trinajstić information content (AvgIpc) is 2.82. The van der Waals surface area contributed by atoms with Crippen LogP contribution >= 0.6 is 0 Å². The summed E-state index contributed by atoms with van der Waals surface area (Å²) in [5, 5.41) is 2.61. The Balaban J connectivity index is 1.78. The fourth-order valence-corrected chi connectivity index (χ4v) is 3.72. The van der Waals surface area contributed by atoms with Crippen molar-refractivity contribution in [1.29, 1.82) is 0 Å². The molecule has 1 fully saturated rings. The van der Waals surface area contributed by atoms with Crippen molar-refractivity contribution in [3.05, 3.63) is 64.7 Å². The lowest BCUT2D eigenvalue weighted by atomic mass is 9.95. The van der Waals surface area contributed by atoms with E-state index in [2.05, 4.69) is 10.1 Å². The highest BCUT2D eigenvalue weighted by molar-refractivity contribution is 5.97. The summed E-state index contributed by atoms with van der Waals surface area (Å²) in [7, 11) is 1.20. The molecule has 0 spiro atoms. The van der Waals surface area contributed by atoms with Gasteiger partial charge in [-0.1, -0.05) is 6.07 Å². The van der Waals surface area contributed by atoms with Gasteiger partial charge in [0.25, 0.3) is 5.91 Å². The van der Waals surface area contributed by atoms with Crippen molar-refractivity contribution in [3.8, 4) is 0 Å². The lowest BCUT2D eigenvalue weighted by Crippen LogP contribution is -2.43. The second-order valence-corrected chi connectivity index (χ2v) is 7.95. The summed E-state index contributed by atoms with van der Waals surface area (Å²) in [5.74, 6) is -2.92. The number of carbonyl (C=O) groups excluding carboxylic acids is 3. The highest BCUT2D eigenvalue weighted by Crippen LogP contribution is 2.36. The largest absolute Gasteiger partial charge is 0.465 e. The Labute approximate surface area is 195 Å². The molecule has 1 unspecified atom stereocenters. The van der Waals surface area contributed by atoms with E-state index in [-0.39, 0.29) is 30.4 Å². The van der Waals surface area contributed by atoms with E-state index in [0.717, 1.165) is 4.90 Å². The van der Waals surface area contributed by atoms with Gasteiger partial charge in [-0.15, -0.1) is 0 Å². The van der Waals surface area contributed by atoms with Crippen molar-refractivity contribution < 1.29 is 45.5 Å². The Morgan fingerprint density at radius 3 is 2.14 bits per heavy atom. The molecule has 1 aliphatic rings. The Hall–Kier alpha value is -3.57. The number of piperidine rings is 1. The topological polar surface area (TPSA) is 75.7 Å². The normalized spacial score (nSPS) is 16.5. The molecule has 2 amide bonds. The molecule has 6 nitrogen and oxygen atoms in total. The SMILES string of the molecule is COC(=O)c1cccc(NC(=O)C2CCCN(C(=O)c3cc(C(F)(F)F)cc(C(F)(F)F)c3)C2)c1. The van der Waals surface area contributed by atoms with E-state index in [4.69, 9.17) is 0 Å². The second-order valence-electron chi connectivity index (χ2n) is 7.95. The lowest BCUT2D eigenvalue weighted by Gasteiger charge is -2.32. The highest BCUT2D eigenvalue weighted by atomic mass is 19.4. The Morgan fingerprint density at radius 1 is 0.943 bits per heavy atom. The summed E-state index contributed by atoms with van der Waals surface area (Å²) in [5.41, 5.74) is -3.47. The maximum atomic E-state index is 13.1. The van der Waals surface area contributed by atoms with Crippen molar-refractivity contribution in [2.75, 3.05) is 25.5 Å². The highest BCUT2D eigenvalue weighted by Gasteiger charge is 2.38. The number of benzene rings is 2. The number of likely N-dealkylation sites (tertiary alicyclic amines) is 1. The van der Waals surface area contributed by atoms with Crippen LogP contribution in [0.15, 0.2) is 42.5 Å². The third kappa shape index (κ3) is 6.31. The smallest absolute Gasteiger partial charge is 0.416 e. The molecule has 1 N–H and O–H groups in total. The molecule has 1 aliphatic heterocycles. The summed E-state index contributed by atoms with van der Waals surface area (Å²) < 4.78 is 83.5. The molecule has 12 heteroatoms. The number of halogens is 6. The molecule has 0 bridgehead atoms. The molecule has 0 saturated carbocycles. The number of carbonyl (C=O) groups is 3. The monoisotopic (exact) mass is 502 g/mol. The van der Waals surface area contributed by atoms with Gasteiger partial charge < -0.3 is 15.0 Å². The van der Waals surface area contributed by atoms with Gasteiger partial charge in [0.05, 0.1) is 29.7 Å². The molecule has 35 heavy (non-hydrogen) atoms. The molecular formula is C23H20F6N2O4. The number of ether oxygens (including phenoxy) is 1. The minimum absolute atomic E-state index is 0.0499. The summed E-state index contributed by atoms with van der Waals surface area (Å²) in [6, 6.07) is 6.61. The van der Waals surface area contributed by atoms with Gasteiger partial charge in [-0.25, -0.2) is 4.79 Å².